The minimum Gasteiger partial charge on any atom is -0.493 e. The van der Waals surface area contributed by atoms with Crippen LogP contribution in [0.4, 0.5) is 10.2 Å². The number of methoxy groups -OCH3 is 1. The molecule has 1 heterocycles. The SMILES string of the molecule is COCCNCc1ccc(C(=O)Nc2cc(C)n(Cc3cc(Cl)ccc3OCC(C)C)n2)cc1F.Cl. The van der Waals surface area contributed by atoms with Gasteiger partial charge < -0.3 is 20.1 Å². The topological polar surface area (TPSA) is 77.4 Å². The lowest BCUT2D eigenvalue weighted by atomic mass is 10.1. The highest BCUT2D eigenvalue weighted by atomic mass is 35.5. The molecule has 0 radical (unpaired) electrons. The van der Waals surface area contributed by atoms with Crippen LogP contribution in [0.25, 0.3) is 0 Å². The number of nitrogens with zero attached hydrogens (tertiary/aromatic N) is 2. The molecule has 0 bridgehead atoms. The second-order valence-corrected chi connectivity index (χ2v) is 9.15. The molecule has 0 atom stereocenters. The Morgan fingerprint density at radius 3 is 2.64 bits per heavy atom. The monoisotopic (exact) mass is 538 g/mol. The van der Waals surface area contributed by atoms with E-state index >= 15 is 0 Å². The Labute approximate surface area is 222 Å². The maximum absolute atomic E-state index is 14.5. The summed E-state index contributed by atoms with van der Waals surface area (Å²) in [6.45, 7) is 8.59. The molecule has 2 N–H and O–H groups in total. The van der Waals surface area contributed by atoms with E-state index in [1.165, 1.54) is 6.07 Å². The zero-order valence-corrected chi connectivity index (χ0v) is 22.5. The van der Waals surface area contributed by atoms with E-state index in [0.717, 1.165) is 17.0 Å². The highest BCUT2D eigenvalue weighted by molar-refractivity contribution is 6.30. The number of benzene rings is 2. The number of hydrogen-bond acceptors (Lipinski definition) is 5. The summed E-state index contributed by atoms with van der Waals surface area (Å²) >= 11 is 6.21. The van der Waals surface area contributed by atoms with Crippen LogP contribution in [-0.4, -0.2) is 42.6 Å². The number of nitrogens with one attached hydrogen (secondary N) is 2. The van der Waals surface area contributed by atoms with Crippen LogP contribution in [0.15, 0.2) is 42.5 Å². The molecule has 3 rings (SSSR count). The quantitative estimate of drug-likeness (QED) is 0.298. The van der Waals surface area contributed by atoms with Gasteiger partial charge in [0.25, 0.3) is 5.91 Å². The normalized spacial score (nSPS) is 10.9. The van der Waals surface area contributed by atoms with Gasteiger partial charge in [-0.2, -0.15) is 5.10 Å². The highest BCUT2D eigenvalue weighted by Crippen LogP contribution is 2.25. The molecule has 7 nitrogen and oxygen atoms in total. The smallest absolute Gasteiger partial charge is 0.256 e. The van der Waals surface area contributed by atoms with Gasteiger partial charge in [-0.3, -0.25) is 9.48 Å². The van der Waals surface area contributed by atoms with Gasteiger partial charge in [0.1, 0.15) is 11.6 Å². The number of carbonyl (C=O) groups excluding carboxylic acids is 1. The molecular formula is C26H33Cl2FN4O3. The third kappa shape index (κ3) is 8.48. The van der Waals surface area contributed by atoms with Gasteiger partial charge in [-0.05, 0) is 43.2 Å². The van der Waals surface area contributed by atoms with Crippen LogP contribution in [-0.2, 0) is 17.8 Å². The van der Waals surface area contributed by atoms with Crippen molar-refractivity contribution in [2.45, 2.75) is 33.9 Å². The van der Waals surface area contributed by atoms with Gasteiger partial charge in [0, 0.05) is 53.7 Å². The van der Waals surface area contributed by atoms with Crippen LogP contribution in [0.1, 0.15) is 41.0 Å². The minimum absolute atomic E-state index is 0. The Morgan fingerprint density at radius 2 is 1.94 bits per heavy atom. The van der Waals surface area contributed by atoms with Crippen molar-refractivity contribution in [2.24, 2.45) is 5.92 Å². The number of aryl methyl sites for hydroxylation is 1. The lowest BCUT2D eigenvalue weighted by molar-refractivity contribution is 0.102. The number of aromatic nitrogens is 2. The van der Waals surface area contributed by atoms with E-state index in [-0.39, 0.29) is 18.0 Å². The van der Waals surface area contributed by atoms with Crippen LogP contribution in [0.3, 0.4) is 0 Å². The molecule has 0 spiro atoms. The van der Waals surface area contributed by atoms with Crippen molar-refractivity contribution in [1.82, 2.24) is 15.1 Å². The van der Waals surface area contributed by atoms with E-state index in [4.69, 9.17) is 21.1 Å². The molecule has 1 aromatic heterocycles. The largest absolute Gasteiger partial charge is 0.493 e. The van der Waals surface area contributed by atoms with Crippen LogP contribution in [0.5, 0.6) is 5.75 Å². The molecule has 0 unspecified atom stereocenters. The van der Waals surface area contributed by atoms with E-state index in [9.17, 15) is 9.18 Å². The third-order valence-corrected chi connectivity index (χ3v) is 5.49. The summed E-state index contributed by atoms with van der Waals surface area (Å²) < 4.78 is 27.1. The van der Waals surface area contributed by atoms with Crippen LogP contribution in [0.2, 0.25) is 5.02 Å². The summed E-state index contributed by atoms with van der Waals surface area (Å²) in [5.41, 5.74) is 2.43. The van der Waals surface area contributed by atoms with E-state index < -0.39 is 11.7 Å². The van der Waals surface area contributed by atoms with E-state index in [0.29, 0.717) is 55.2 Å². The molecule has 10 heteroatoms. The fraction of sp³-hybridized carbons (Fsp3) is 0.385. The van der Waals surface area contributed by atoms with Crippen LogP contribution < -0.4 is 15.4 Å². The fourth-order valence-electron chi connectivity index (χ4n) is 3.38. The molecule has 36 heavy (non-hydrogen) atoms. The van der Waals surface area contributed by atoms with Gasteiger partial charge in [0.2, 0.25) is 0 Å². The van der Waals surface area contributed by atoms with Gasteiger partial charge >= 0.3 is 0 Å². The van der Waals surface area contributed by atoms with Crippen molar-refractivity contribution in [3.05, 3.63) is 75.7 Å². The van der Waals surface area contributed by atoms with Crippen molar-refractivity contribution in [1.29, 1.82) is 0 Å². The van der Waals surface area contributed by atoms with Crippen molar-refractivity contribution < 1.29 is 18.7 Å². The molecule has 3 aromatic rings. The van der Waals surface area contributed by atoms with E-state index in [2.05, 4.69) is 29.6 Å². The third-order valence-electron chi connectivity index (χ3n) is 5.25. The summed E-state index contributed by atoms with van der Waals surface area (Å²) in [7, 11) is 1.61. The van der Waals surface area contributed by atoms with E-state index in [1.54, 1.807) is 36.1 Å². The second kappa shape index (κ2) is 14.2. The number of carbonyl (C=O) groups is 1. The van der Waals surface area contributed by atoms with Crippen LogP contribution >= 0.6 is 24.0 Å². The number of halogens is 3. The van der Waals surface area contributed by atoms with Crippen molar-refractivity contribution in [3.63, 3.8) is 0 Å². The standard InChI is InChI=1S/C26H32ClFN4O3.ClH/c1-17(2)16-35-24-8-7-22(27)12-21(24)15-32-18(3)11-25(31-32)30-26(33)19-5-6-20(23(28)13-19)14-29-9-10-34-4;/h5-8,11-13,17,29H,9-10,14-16H2,1-4H3,(H,30,31,33);1H. The molecule has 0 fully saturated rings. The Morgan fingerprint density at radius 1 is 1.17 bits per heavy atom. The first-order chi connectivity index (χ1) is 16.8. The lowest BCUT2D eigenvalue weighted by Crippen LogP contribution is -2.19. The summed E-state index contributed by atoms with van der Waals surface area (Å²) in [4.78, 5) is 12.7. The summed E-state index contributed by atoms with van der Waals surface area (Å²) in [5, 5.41) is 10.9. The number of hydrogen-bond donors (Lipinski definition) is 2. The van der Waals surface area contributed by atoms with Gasteiger partial charge in [-0.15, -0.1) is 12.4 Å². The second-order valence-electron chi connectivity index (χ2n) is 8.72. The molecule has 196 valence electrons. The molecule has 0 saturated carbocycles. The molecule has 0 saturated heterocycles. The number of rotatable bonds is 12. The molecule has 0 aliphatic heterocycles. The zero-order valence-electron chi connectivity index (χ0n) is 20.9. The average Bonchev–Trinajstić information content (AvgIpc) is 3.15. The Bertz CT molecular complexity index is 1150. The van der Waals surface area contributed by atoms with Gasteiger partial charge in [-0.1, -0.05) is 31.5 Å². The lowest BCUT2D eigenvalue weighted by Gasteiger charge is -2.14. The molecule has 2 aromatic carbocycles. The number of ether oxygens (including phenoxy) is 2. The number of amides is 1. The van der Waals surface area contributed by atoms with Gasteiger partial charge in [0.05, 0.1) is 19.8 Å². The maximum atomic E-state index is 14.5. The van der Waals surface area contributed by atoms with Crippen molar-refractivity contribution in [2.75, 3.05) is 32.2 Å². The molecule has 0 aliphatic rings. The first-order valence-corrected chi connectivity index (χ1v) is 11.9. The summed E-state index contributed by atoms with van der Waals surface area (Å²) in [5.74, 6) is 0.633. The maximum Gasteiger partial charge on any atom is 0.256 e. The Hall–Kier alpha value is -2.65. The predicted molar refractivity (Wildman–Crippen MR) is 143 cm³/mol. The highest BCUT2D eigenvalue weighted by Gasteiger charge is 2.14. The van der Waals surface area contributed by atoms with Crippen molar-refractivity contribution in [3.8, 4) is 5.75 Å². The van der Waals surface area contributed by atoms with Gasteiger partial charge in [0.15, 0.2) is 5.82 Å². The first-order valence-electron chi connectivity index (χ1n) is 11.5. The minimum atomic E-state index is -0.445. The summed E-state index contributed by atoms with van der Waals surface area (Å²) in [6, 6.07) is 11.7. The predicted octanol–water partition coefficient (Wildman–Crippen LogP) is 5.48. The summed E-state index contributed by atoms with van der Waals surface area (Å²) in [6.07, 6.45) is 0. The molecular weight excluding hydrogens is 506 g/mol. The van der Waals surface area contributed by atoms with Crippen molar-refractivity contribution >= 4 is 35.7 Å². The van der Waals surface area contributed by atoms with Gasteiger partial charge in [-0.25, -0.2) is 4.39 Å². The first kappa shape index (κ1) is 29.6. The fourth-order valence-corrected chi connectivity index (χ4v) is 3.57. The number of anilines is 1. The Kier molecular flexibility index (Phi) is 11.7. The van der Waals surface area contributed by atoms with E-state index in [1.807, 2.05) is 19.1 Å². The zero-order chi connectivity index (χ0) is 25.4. The van der Waals surface area contributed by atoms with Crippen LogP contribution in [0, 0.1) is 18.7 Å². The molecule has 0 aliphatic carbocycles. The Balaban J connectivity index is 0.00000456. The average molecular weight is 539 g/mol. The molecule has 1 amide bonds.